The Hall–Kier alpha value is -2.56. The Labute approximate surface area is 122 Å². The molecule has 2 N–H and O–H groups in total. The molecule has 0 atom stereocenters. The second-order valence-electron chi connectivity index (χ2n) is 4.90. The summed E-state index contributed by atoms with van der Waals surface area (Å²) in [6.45, 7) is 4.08. The Morgan fingerprint density at radius 2 is 1.90 bits per heavy atom. The van der Waals surface area contributed by atoms with E-state index in [9.17, 15) is 9.59 Å². The number of rotatable bonds is 5. The number of carbonyl (C=O) groups is 2. The number of hydrogen-bond acceptors (Lipinski definition) is 3. The lowest BCUT2D eigenvalue weighted by atomic mass is 10.1. The number of furan rings is 1. The van der Waals surface area contributed by atoms with Gasteiger partial charge in [-0.15, -0.1) is 0 Å². The highest BCUT2D eigenvalue weighted by molar-refractivity contribution is 5.97. The molecular formula is C16H17NO4. The van der Waals surface area contributed by atoms with Crippen molar-refractivity contribution in [1.82, 2.24) is 5.32 Å². The van der Waals surface area contributed by atoms with E-state index >= 15 is 0 Å². The van der Waals surface area contributed by atoms with Gasteiger partial charge in [0, 0.05) is 12.1 Å². The molecule has 0 aliphatic carbocycles. The van der Waals surface area contributed by atoms with Crippen LogP contribution in [0, 0.1) is 13.8 Å². The van der Waals surface area contributed by atoms with Gasteiger partial charge in [-0.25, -0.2) is 0 Å². The van der Waals surface area contributed by atoms with Gasteiger partial charge >= 0.3 is 5.97 Å². The first-order chi connectivity index (χ1) is 9.99. The fourth-order valence-corrected chi connectivity index (χ4v) is 2.14. The third-order valence-corrected chi connectivity index (χ3v) is 3.29. The number of benzene rings is 1. The van der Waals surface area contributed by atoms with Crippen molar-refractivity contribution < 1.29 is 19.1 Å². The SMILES string of the molecule is Cc1ccccc1CNC(=O)c1c(C)coc1CC(=O)O. The van der Waals surface area contributed by atoms with E-state index in [2.05, 4.69) is 5.32 Å². The van der Waals surface area contributed by atoms with E-state index in [0.717, 1.165) is 11.1 Å². The summed E-state index contributed by atoms with van der Waals surface area (Å²) in [5.41, 5.74) is 3.05. The Morgan fingerprint density at radius 3 is 2.57 bits per heavy atom. The zero-order chi connectivity index (χ0) is 15.4. The summed E-state index contributed by atoms with van der Waals surface area (Å²) in [4.78, 5) is 23.0. The number of nitrogens with one attached hydrogen (secondary N) is 1. The summed E-state index contributed by atoms with van der Waals surface area (Å²) in [7, 11) is 0. The van der Waals surface area contributed by atoms with E-state index in [0.29, 0.717) is 17.7 Å². The van der Waals surface area contributed by atoms with Gasteiger partial charge < -0.3 is 14.8 Å². The molecule has 0 fully saturated rings. The summed E-state index contributed by atoms with van der Waals surface area (Å²) < 4.78 is 5.16. The first kappa shape index (κ1) is 14.8. The highest BCUT2D eigenvalue weighted by Gasteiger charge is 2.20. The molecular weight excluding hydrogens is 270 g/mol. The van der Waals surface area contributed by atoms with Crippen LogP contribution in [0.3, 0.4) is 0 Å². The molecule has 0 saturated heterocycles. The van der Waals surface area contributed by atoms with Crippen LogP contribution >= 0.6 is 0 Å². The molecule has 2 rings (SSSR count). The normalized spacial score (nSPS) is 10.4. The summed E-state index contributed by atoms with van der Waals surface area (Å²) >= 11 is 0. The molecule has 0 unspecified atom stereocenters. The van der Waals surface area contributed by atoms with E-state index in [1.54, 1.807) is 6.92 Å². The zero-order valence-corrected chi connectivity index (χ0v) is 12.0. The van der Waals surface area contributed by atoms with Crippen LogP contribution in [-0.4, -0.2) is 17.0 Å². The fourth-order valence-electron chi connectivity index (χ4n) is 2.14. The molecule has 110 valence electrons. The molecule has 1 amide bonds. The van der Waals surface area contributed by atoms with Crippen LogP contribution in [0.2, 0.25) is 0 Å². The third kappa shape index (κ3) is 3.51. The minimum absolute atomic E-state index is 0.183. The van der Waals surface area contributed by atoms with Gasteiger partial charge in [0.2, 0.25) is 0 Å². The smallest absolute Gasteiger partial charge is 0.311 e. The molecule has 21 heavy (non-hydrogen) atoms. The Bertz CT molecular complexity index is 673. The maximum absolute atomic E-state index is 12.2. The van der Waals surface area contributed by atoms with Gasteiger partial charge in [-0.3, -0.25) is 9.59 Å². The predicted octanol–water partition coefficient (Wildman–Crippen LogP) is 2.45. The van der Waals surface area contributed by atoms with Crippen LogP contribution in [-0.2, 0) is 17.8 Å². The largest absolute Gasteiger partial charge is 0.481 e. The van der Waals surface area contributed by atoms with Gasteiger partial charge in [0.1, 0.15) is 12.2 Å². The van der Waals surface area contributed by atoms with Gasteiger partial charge in [-0.1, -0.05) is 24.3 Å². The molecule has 0 aliphatic heterocycles. The van der Waals surface area contributed by atoms with E-state index in [1.165, 1.54) is 6.26 Å². The maximum atomic E-state index is 12.2. The van der Waals surface area contributed by atoms with Gasteiger partial charge in [-0.05, 0) is 25.0 Å². The zero-order valence-electron chi connectivity index (χ0n) is 12.0. The van der Waals surface area contributed by atoms with E-state index in [4.69, 9.17) is 9.52 Å². The molecule has 1 aromatic heterocycles. The lowest BCUT2D eigenvalue weighted by molar-refractivity contribution is -0.136. The van der Waals surface area contributed by atoms with Crippen molar-refractivity contribution in [1.29, 1.82) is 0 Å². The Balaban J connectivity index is 2.12. The van der Waals surface area contributed by atoms with Crippen molar-refractivity contribution in [2.45, 2.75) is 26.8 Å². The second-order valence-corrected chi connectivity index (χ2v) is 4.90. The van der Waals surface area contributed by atoms with Crippen LogP contribution in [0.5, 0.6) is 0 Å². The van der Waals surface area contributed by atoms with Crippen molar-refractivity contribution in [2.24, 2.45) is 0 Å². The minimum atomic E-state index is -1.03. The van der Waals surface area contributed by atoms with E-state index in [-0.39, 0.29) is 18.1 Å². The standard InChI is InChI=1S/C16H17NO4/c1-10-5-3-4-6-12(10)8-17-16(20)15-11(2)9-21-13(15)7-14(18)19/h3-6,9H,7-8H2,1-2H3,(H,17,20)(H,18,19). The van der Waals surface area contributed by atoms with Gasteiger partial charge in [-0.2, -0.15) is 0 Å². The monoisotopic (exact) mass is 287 g/mol. The number of carboxylic acids is 1. The molecule has 0 radical (unpaired) electrons. The Morgan fingerprint density at radius 1 is 1.19 bits per heavy atom. The summed E-state index contributed by atoms with van der Waals surface area (Å²) in [5.74, 6) is -1.17. The number of aliphatic carboxylic acids is 1. The second kappa shape index (κ2) is 6.26. The summed E-state index contributed by atoms with van der Waals surface area (Å²) in [5, 5.41) is 11.6. The summed E-state index contributed by atoms with van der Waals surface area (Å²) in [6, 6.07) is 7.76. The average Bonchev–Trinajstić information content (AvgIpc) is 2.78. The van der Waals surface area contributed by atoms with Gasteiger partial charge in [0.05, 0.1) is 11.8 Å². The molecule has 0 saturated carbocycles. The molecule has 0 bridgehead atoms. The fraction of sp³-hybridized carbons (Fsp3) is 0.250. The van der Waals surface area contributed by atoms with Crippen LogP contribution in [0.4, 0.5) is 0 Å². The Kier molecular flexibility index (Phi) is 4.42. The molecule has 2 aromatic rings. The molecule has 0 spiro atoms. The highest BCUT2D eigenvalue weighted by Crippen LogP contribution is 2.17. The molecule has 0 aliphatic rings. The van der Waals surface area contributed by atoms with Crippen LogP contribution in [0.15, 0.2) is 34.9 Å². The number of carbonyl (C=O) groups excluding carboxylic acids is 1. The average molecular weight is 287 g/mol. The van der Waals surface area contributed by atoms with Gasteiger partial charge in [0.25, 0.3) is 5.91 Å². The topological polar surface area (TPSA) is 79.5 Å². The highest BCUT2D eigenvalue weighted by atomic mass is 16.4. The number of amides is 1. The molecule has 1 aromatic carbocycles. The van der Waals surface area contributed by atoms with Gasteiger partial charge in [0.15, 0.2) is 0 Å². The van der Waals surface area contributed by atoms with E-state index < -0.39 is 5.97 Å². The number of aryl methyl sites for hydroxylation is 2. The van der Waals surface area contributed by atoms with Crippen molar-refractivity contribution in [2.75, 3.05) is 0 Å². The maximum Gasteiger partial charge on any atom is 0.311 e. The number of hydrogen-bond donors (Lipinski definition) is 2. The van der Waals surface area contributed by atoms with Crippen LogP contribution in [0.1, 0.15) is 32.8 Å². The summed E-state index contributed by atoms with van der Waals surface area (Å²) in [6.07, 6.45) is 1.10. The quantitative estimate of drug-likeness (QED) is 0.885. The first-order valence-electron chi connectivity index (χ1n) is 6.60. The van der Waals surface area contributed by atoms with Crippen LogP contribution < -0.4 is 5.32 Å². The first-order valence-corrected chi connectivity index (χ1v) is 6.60. The molecule has 5 nitrogen and oxygen atoms in total. The van der Waals surface area contributed by atoms with Crippen molar-refractivity contribution in [3.8, 4) is 0 Å². The minimum Gasteiger partial charge on any atom is -0.481 e. The number of carboxylic acid groups (broad SMARTS) is 1. The molecule has 1 heterocycles. The molecule has 5 heteroatoms. The lowest BCUT2D eigenvalue weighted by Crippen LogP contribution is -2.24. The van der Waals surface area contributed by atoms with Crippen molar-refractivity contribution in [3.05, 3.63) is 58.5 Å². The van der Waals surface area contributed by atoms with Crippen LogP contribution in [0.25, 0.3) is 0 Å². The predicted molar refractivity (Wildman–Crippen MR) is 77.1 cm³/mol. The third-order valence-electron chi connectivity index (χ3n) is 3.29. The lowest BCUT2D eigenvalue weighted by Gasteiger charge is -2.08. The van der Waals surface area contributed by atoms with Crippen molar-refractivity contribution in [3.63, 3.8) is 0 Å². The van der Waals surface area contributed by atoms with Crippen molar-refractivity contribution >= 4 is 11.9 Å². The van der Waals surface area contributed by atoms with E-state index in [1.807, 2.05) is 31.2 Å².